The van der Waals surface area contributed by atoms with Gasteiger partial charge < -0.3 is 14.6 Å². The van der Waals surface area contributed by atoms with Crippen molar-refractivity contribution in [2.75, 3.05) is 13.2 Å². The van der Waals surface area contributed by atoms with E-state index in [1.54, 1.807) is 0 Å². The molecule has 0 aliphatic rings. The summed E-state index contributed by atoms with van der Waals surface area (Å²) in [6.45, 7) is 1.69. The molecule has 0 heterocycles. The molecule has 0 bridgehead atoms. The first-order valence-electron chi connectivity index (χ1n) is 7.22. The molecule has 2 atom stereocenters. The first-order chi connectivity index (χ1) is 10.7. The molecule has 2 rings (SSSR count). The topological polar surface area (TPSA) is 55.8 Å². The SMILES string of the molecule is CC(OC(=O)COCC(O)c1ccccc1)c1ccccc1. The fourth-order valence-corrected chi connectivity index (χ4v) is 2.05. The van der Waals surface area contributed by atoms with Gasteiger partial charge in [-0.25, -0.2) is 4.79 Å². The van der Waals surface area contributed by atoms with Gasteiger partial charge in [-0.15, -0.1) is 0 Å². The van der Waals surface area contributed by atoms with Crippen LogP contribution in [0.4, 0.5) is 0 Å². The Morgan fingerprint density at radius 2 is 1.55 bits per heavy atom. The van der Waals surface area contributed by atoms with Gasteiger partial charge >= 0.3 is 5.97 Å². The number of hydrogen-bond acceptors (Lipinski definition) is 4. The molecule has 0 saturated carbocycles. The van der Waals surface area contributed by atoms with Gasteiger partial charge in [0.1, 0.15) is 18.8 Å². The second kappa shape index (κ2) is 8.32. The normalized spacial score (nSPS) is 13.4. The van der Waals surface area contributed by atoms with E-state index in [0.29, 0.717) is 0 Å². The zero-order valence-corrected chi connectivity index (χ0v) is 12.5. The van der Waals surface area contributed by atoms with Gasteiger partial charge in [0.15, 0.2) is 0 Å². The number of ether oxygens (including phenoxy) is 2. The van der Waals surface area contributed by atoms with Crippen LogP contribution in [-0.2, 0) is 14.3 Å². The van der Waals surface area contributed by atoms with Crippen molar-refractivity contribution in [1.82, 2.24) is 0 Å². The summed E-state index contributed by atoms with van der Waals surface area (Å²) in [7, 11) is 0. The number of rotatable bonds is 7. The lowest BCUT2D eigenvalue weighted by molar-refractivity contribution is -0.155. The van der Waals surface area contributed by atoms with Crippen molar-refractivity contribution in [3.63, 3.8) is 0 Å². The molecule has 116 valence electrons. The summed E-state index contributed by atoms with van der Waals surface area (Å²) < 4.78 is 10.5. The predicted molar refractivity (Wildman–Crippen MR) is 83.2 cm³/mol. The molecular weight excluding hydrogens is 280 g/mol. The molecule has 2 aromatic carbocycles. The summed E-state index contributed by atoms with van der Waals surface area (Å²) >= 11 is 0. The quantitative estimate of drug-likeness (QED) is 0.799. The maximum absolute atomic E-state index is 11.7. The smallest absolute Gasteiger partial charge is 0.332 e. The van der Waals surface area contributed by atoms with Crippen LogP contribution in [0.3, 0.4) is 0 Å². The number of aliphatic hydroxyl groups excluding tert-OH is 1. The van der Waals surface area contributed by atoms with E-state index in [0.717, 1.165) is 11.1 Å². The molecule has 1 N–H and O–H groups in total. The number of esters is 1. The van der Waals surface area contributed by atoms with Crippen molar-refractivity contribution in [3.05, 3.63) is 71.8 Å². The average Bonchev–Trinajstić information content (AvgIpc) is 2.56. The third kappa shape index (κ3) is 4.98. The van der Waals surface area contributed by atoms with E-state index in [-0.39, 0.29) is 19.3 Å². The molecule has 0 saturated heterocycles. The maximum atomic E-state index is 11.7. The Labute approximate surface area is 130 Å². The molecule has 0 fully saturated rings. The van der Waals surface area contributed by atoms with Crippen LogP contribution >= 0.6 is 0 Å². The Balaban J connectivity index is 1.72. The van der Waals surface area contributed by atoms with Crippen molar-refractivity contribution in [2.24, 2.45) is 0 Å². The molecule has 4 heteroatoms. The molecule has 22 heavy (non-hydrogen) atoms. The van der Waals surface area contributed by atoms with Crippen LogP contribution in [0.5, 0.6) is 0 Å². The lowest BCUT2D eigenvalue weighted by atomic mass is 10.1. The summed E-state index contributed by atoms with van der Waals surface area (Å²) in [5, 5.41) is 9.92. The second-order valence-electron chi connectivity index (χ2n) is 4.98. The molecular formula is C18H20O4. The van der Waals surface area contributed by atoms with Crippen LogP contribution in [0.25, 0.3) is 0 Å². The number of aliphatic hydroxyl groups is 1. The number of benzene rings is 2. The van der Waals surface area contributed by atoms with Crippen LogP contribution in [-0.4, -0.2) is 24.3 Å². The minimum Gasteiger partial charge on any atom is -0.456 e. The highest BCUT2D eigenvalue weighted by Gasteiger charge is 2.13. The Morgan fingerprint density at radius 3 is 2.14 bits per heavy atom. The summed E-state index contributed by atoms with van der Waals surface area (Å²) in [6.07, 6.45) is -1.07. The number of carbonyl (C=O) groups excluding carboxylic acids is 1. The molecule has 0 spiro atoms. The molecule has 0 amide bonds. The minimum absolute atomic E-state index is 0.0544. The van der Waals surface area contributed by atoms with Crippen molar-refractivity contribution in [1.29, 1.82) is 0 Å². The highest BCUT2D eigenvalue weighted by Crippen LogP contribution is 2.16. The maximum Gasteiger partial charge on any atom is 0.332 e. The molecule has 2 unspecified atom stereocenters. The third-order valence-corrected chi connectivity index (χ3v) is 3.26. The Hall–Kier alpha value is -2.17. The van der Waals surface area contributed by atoms with Crippen LogP contribution in [0.1, 0.15) is 30.3 Å². The van der Waals surface area contributed by atoms with Crippen LogP contribution in [0, 0.1) is 0 Å². The van der Waals surface area contributed by atoms with E-state index in [2.05, 4.69) is 0 Å². The standard InChI is InChI=1S/C18H20O4/c1-14(15-8-4-2-5-9-15)22-18(20)13-21-12-17(19)16-10-6-3-7-11-16/h2-11,14,17,19H,12-13H2,1H3. The Kier molecular flexibility index (Phi) is 6.13. The molecule has 2 aromatic rings. The van der Waals surface area contributed by atoms with Crippen LogP contribution in [0.15, 0.2) is 60.7 Å². The van der Waals surface area contributed by atoms with Gasteiger partial charge in [-0.3, -0.25) is 0 Å². The van der Waals surface area contributed by atoms with Crippen LogP contribution in [0.2, 0.25) is 0 Å². The molecule has 4 nitrogen and oxygen atoms in total. The lowest BCUT2D eigenvalue weighted by Crippen LogP contribution is -2.17. The summed E-state index contributed by atoms with van der Waals surface area (Å²) in [5.74, 6) is -0.448. The summed E-state index contributed by atoms with van der Waals surface area (Å²) in [4.78, 5) is 11.7. The van der Waals surface area contributed by atoms with Crippen LogP contribution < -0.4 is 0 Å². The van der Waals surface area contributed by atoms with Gasteiger partial charge in [0.2, 0.25) is 0 Å². The molecule has 0 radical (unpaired) electrons. The minimum atomic E-state index is -0.749. The first kappa shape index (κ1) is 16.2. The van der Waals surface area contributed by atoms with Crippen molar-refractivity contribution in [2.45, 2.75) is 19.1 Å². The second-order valence-corrected chi connectivity index (χ2v) is 4.98. The zero-order chi connectivity index (χ0) is 15.8. The van der Waals surface area contributed by atoms with E-state index in [1.165, 1.54) is 0 Å². The molecule has 0 aromatic heterocycles. The molecule has 0 aliphatic carbocycles. The first-order valence-corrected chi connectivity index (χ1v) is 7.22. The van der Waals surface area contributed by atoms with Gasteiger partial charge in [0.05, 0.1) is 6.61 Å². The fourth-order valence-electron chi connectivity index (χ4n) is 2.05. The Morgan fingerprint density at radius 1 is 1.00 bits per heavy atom. The van der Waals surface area contributed by atoms with Gasteiger partial charge in [0.25, 0.3) is 0 Å². The van der Waals surface area contributed by atoms with Gasteiger partial charge in [-0.05, 0) is 18.1 Å². The molecule has 0 aliphatic heterocycles. The lowest BCUT2D eigenvalue weighted by Gasteiger charge is -2.15. The summed E-state index contributed by atoms with van der Waals surface area (Å²) in [5.41, 5.74) is 1.69. The number of hydrogen-bond donors (Lipinski definition) is 1. The van der Waals surface area contributed by atoms with E-state index < -0.39 is 12.1 Å². The van der Waals surface area contributed by atoms with Gasteiger partial charge in [0, 0.05) is 0 Å². The van der Waals surface area contributed by atoms with E-state index in [9.17, 15) is 9.90 Å². The van der Waals surface area contributed by atoms with Gasteiger partial charge in [-0.2, -0.15) is 0 Å². The fraction of sp³-hybridized carbons (Fsp3) is 0.278. The monoisotopic (exact) mass is 300 g/mol. The predicted octanol–water partition coefficient (Wildman–Crippen LogP) is 3.04. The van der Waals surface area contributed by atoms with E-state index >= 15 is 0 Å². The Bertz CT molecular complexity index is 568. The summed E-state index contributed by atoms with van der Waals surface area (Å²) in [6, 6.07) is 18.7. The van der Waals surface area contributed by atoms with Gasteiger partial charge in [-0.1, -0.05) is 60.7 Å². The third-order valence-electron chi connectivity index (χ3n) is 3.26. The van der Waals surface area contributed by atoms with Crippen molar-refractivity contribution >= 4 is 5.97 Å². The highest BCUT2D eigenvalue weighted by molar-refractivity contribution is 5.71. The van der Waals surface area contributed by atoms with E-state index in [1.807, 2.05) is 67.6 Å². The zero-order valence-electron chi connectivity index (χ0n) is 12.5. The average molecular weight is 300 g/mol. The highest BCUT2D eigenvalue weighted by atomic mass is 16.6. The van der Waals surface area contributed by atoms with Crippen molar-refractivity contribution < 1.29 is 19.4 Å². The van der Waals surface area contributed by atoms with Crippen molar-refractivity contribution in [3.8, 4) is 0 Å². The number of carbonyl (C=O) groups is 1. The largest absolute Gasteiger partial charge is 0.456 e. The van der Waals surface area contributed by atoms with E-state index in [4.69, 9.17) is 9.47 Å².